The topological polar surface area (TPSA) is 96.0 Å². The Morgan fingerprint density at radius 2 is 1.68 bits per heavy atom. The predicted molar refractivity (Wildman–Crippen MR) is 145 cm³/mol. The maximum atomic E-state index is 13.7. The van der Waals surface area contributed by atoms with Gasteiger partial charge in [0.1, 0.15) is 18.3 Å². The quantitative estimate of drug-likeness (QED) is 0.395. The fourth-order valence-corrected chi connectivity index (χ4v) is 5.42. The van der Waals surface area contributed by atoms with Crippen LogP contribution in [-0.4, -0.2) is 51.9 Å². The Balaban J connectivity index is 2.04. The van der Waals surface area contributed by atoms with E-state index in [9.17, 15) is 18.0 Å². The van der Waals surface area contributed by atoms with Crippen LogP contribution in [-0.2, 0) is 26.2 Å². The molecule has 0 heterocycles. The minimum Gasteiger partial charge on any atom is -0.497 e. The van der Waals surface area contributed by atoms with Gasteiger partial charge in [0, 0.05) is 23.6 Å². The van der Waals surface area contributed by atoms with Gasteiger partial charge in [0.2, 0.25) is 11.8 Å². The fourth-order valence-electron chi connectivity index (χ4n) is 3.64. The zero-order valence-electron chi connectivity index (χ0n) is 20.5. The molecule has 3 rings (SSSR count). The molecule has 0 spiro atoms. The molecule has 2 amide bonds. The van der Waals surface area contributed by atoms with Crippen LogP contribution in [0, 0.1) is 0 Å². The van der Waals surface area contributed by atoms with E-state index in [2.05, 4.69) is 5.32 Å². The number of hydrogen-bond donors (Lipinski definition) is 1. The van der Waals surface area contributed by atoms with Gasteiger partial charge < -0.3 is 15.0 Å². The first-order valence-electron chi connectivity index (χ1n) is 11.2. The van der Waals surface area contributed by atoms with Crippen molar-refractivity contribution in [2.75, 3.05) is 25.0 Å². The largest absolute Gasteiger partial charge is 0.497 e. The van der Waals surface area contributed by atoms with Gasteiger partial charge >= 0.3 is 0 Å². The number of nitrogens with zero attached hydrogens (tertiary/aromatic N) is 2. The molecule has 0 bridgehead atoms. The molecule has 0 aliphatic heterocycles. The van der Waals surface area contributed by atoms with E-state index in [0.29, 0.717) is 21.4 Å². The number of likely N-dealkylation sites (N-methyl/N-ethyl adjacent to an activating group) is 1. The Labute approximate surface area is 226 Å². The van der Waals surface area contributed by atoms with E-state index >= 15 is 0 Å². The number of amides is 2. The first-order chi connectivity index (χ1) is 17.6. The van der Waals surface area contributed by atoms with E-state index in [1.165, 1.54) is 49.4 Å². The van der Waals surface area contributed by atoms with Crippen molar-refractivity contribution in [2.24, 2.45) is 0 Å². The number of carbonyl (C=O) groups excluding carboxylic acids is 2. The molecule has 0 aromatic heterocycles. The summed E-state index contributed by atoms with van der Waals surface area (Å²) in [6.45, 7) is 0.981. The van der Waals surface area contributed by atoms with Crippen molar-refractivity contribution in [2.45, 2.75) is 24.4 Å². The highest BCUT2D eigenvalue weighted by atomic mass is 35.5. The molecule has 8 nitrogen and oxygen atoms in total. The molecule has 0 radical (unpaired) electrons. The number of ether oxygens (including phenoxy) is 1. The minimum absolute atomic E-state index is 0.000930. The predicted octanol–water partition coefficient (Wildman–Crippen LogP) is 4.36. The summed E-state index contributed by atoms with van der Waals surface area (Å²) in [5.74, 6) is -0.532. The summed E-state index contributed by atoms with van der Waals surface area (Å²) in [4.78, 5) is 27.5. The Morgan fingerprint density at radius 3 is 2.27 bits per heavy atom. The number of hydrogen-bond acceptors (Lipinski definition) is 5. The molecule has 0 saturated carbocycles. The number of nitrogens with one attached hydrogen (secondary N) is 1. The van der Waals surface area contributed by atoms with Gasteiger partial charge in [0.15, 0.2) is 0 Å². The second-order valence-electron chi connectivity index (χ2n) is 8.07. The monoisotopic (exact) mass is 563 g/mol. The Kier molecular flexibility index (Phi) is 9.42. The van der Waals surface area contributed by atoms with Gasteiger partial charge in [0.05, 0.1) is 17.7 Å². The van der Waals surface area contributed by atoms with Gasteiger partial charge in [-0.25, -0.2) is 8.42 Å². The van der Waals surface area contributed by atoms with Gasteiger partial charge in [-0.05, 0) is 61.0 Å². The van der Waals surface area contributed by atoms with Gasteiger partial charge in [0.25, 0.3) is 10.0 Å². The van der Waals surface area contributed by atoms with Gasteiger partial charge in [-0.2, -0.15) is 0 Å². The van der Waals surface area contributed by atoms with Crippen LogP contribution in [0.15, 0.2) is 77.7 Å². The summed E-state index contributed by atoms with van der Waals surface area (Å²) in [5, 5.41) is 3.25. The minimum atomic E-state index is -4.21. The molecule has 0 unspecified atom stereocenters. The number of carbonyl (C=O) groups is 2. The lowest BCUT2D eigenvalue weighted by atomic mass is 10.1. The van der Waals surface area contributed by atoms with Crippen LogP contribution in [0.25, 0.3) is 0 Å². The lowest BCUT2D eigenvalue weighted by molar-refractivity contribution is -0.139. The lowest BCUT2D eigenvalue weighted by Gasteiger charge is -2.32. The van der Waals surface area contributed by atoms with E-state index in [4.69, 9.17) is 27.9 Å². The smallest absolute Gasteiger partial charge is 0.264 e. The zero-order valence-corrected chi connectivity index (χ0v) is 22.8. The molecule has 0 aliphatic carbocycles. The molecule has 0 saturated heterocycles. The van der Waals surface area contributed by atoms with E-state index in [1.54, 1.807) is 49.4 Å². The molecule has 11 heteroatoms. The number of rotatable bonds is 10. The Bertz CT molecular complexity index is 1370. The average molecular weight is 564 g/mol. The van der Waals surface area contributed by atoms with E-state index < -0.39 is 34.4 Å². The van der Waals surface area contributed by atoms with E-state index in [0.717, 1.165) is 4.31 Å². The first-order valence-corrected chi connectivity index (χ1v) is 13.4. The van der Waals surface area contributed by atoms with Gasteiger partial charge in [-0.3, -0.25) is 13.9 Å². The molecule has 1 atom stereocenters. The standard InChI is InChI=1S/C26H27Cl2N3O5S/c1-18(26(33)29-2)30(16-19-7-4-5-10-24(19)28)25(32)17-31(21-9-6-8-20(27)15-21)37(34,35)23-13-11-22(36-3)12-14-23/h4-15,18H,16-17H2,1-3H3,(H,29,33)/t18-/m0/s1. The van der Waals surface area contributed by atoms with Crippen molar-refractivity contribution in [3.8, 4) is 5.75 Å². The number of methoxy groups -OCH3 is 1. The van der Waals surface area contributed by atoms with Gasteiger partial charge in [-0.1, -0.05) is 47.5 Å². The van der Waals surface area contributed by atoms with Crippen molar-refractivity contribution in [1.29, 1.82) is 0 Å². The highest BCUT2D eigenvalue weighted by Crippen LogP contribution is 2.28. The summed E-state index contributed by atoms with van der Waals surface area (Å²) < 4.78 is 33.6. The van der Waals surface area contributed by atoms with Crippen LogP contribution in [0.5, 0.6) is 5.75 Å². The van der Waals surface area contributed by atoms with Crippen LogP contribution in [0.1, 0.15) is 12.5 Å². The molecule has 0 fully saturated rings. The summed E-state index contributed by atoms with van der Waals surface area (Å²) >= 11 is 12.5. The van der Waals surface area contributed by atoms with Crippen molar-refractivity contribution in [3.05, 3.63) is 88.4 Å². The van der Waals surface area contributed by atoms with Gasteiger partial charge in [-0.15, -0.1) is 0 Å². The third-order valence-corrected chi connectivity index (χ3v) is 8.13. The van der Waals surface area contributed by atoms with Crippen LogP contribution >= 0.6 is 23.2 Å². The maximum absolute atomic E-state index is 13.7. The van der Waals surface area contributed by atoms with Crippen molar-refractivity contribution in [1.82, 2.24) is 10.2 Å². The summed E-state index contributed by atoms with van der Waals surface area (Å²) in [6, 6.07) is 18.0. The van der Waals surface area contributed by atoms with Crippen LogP contribution < -0.4 is 14.4 Å². The highest BCUT2D eigenvalue weighted by molar-refractivity contribution is 7.92. The highest BCUT2D eigenvalue weighted by Gasteiger charge is 2.32. The maximum Gasteiger partial charge on any atom is 0.264 e. The van der Waals surface area contributed by atoms with Crippen molar-refractivity contribution < 1.29 is 22.7 Å². The molecule has 3 aromatic rings. The lowest BCUT2D eigenvalue weighted by Crippen LogP contribution is -2.50. The third kappa shape index (κ3) is 6.74. The van der Waals surface area contributed by atoms with Crippen molar-refractivity contribution in [3.63, 3.8) is 0 Å². The Hall–Kier alpha value is -3.27. The van der Waals surface area contributed by atoms with Crippen LogP contribution in [0.3, 0.4) is 0 Å². The Morgan fingerprint density at radius 1 is 1.00 bits per heavy atom. The molecule has 37 heavy (non-hydrogen) atoms. The van der Waals surface area contributed by atoms with Crippen LogP contribution in [0.4, 0.5) is 5.69 Å². The molecular weight excluding hydrogens is 537 g/mol. The fraction of sp³-hybridized carbons (Fsp3) is 0.231. The molecule has 3 aromatic carbocycles. The first kappa shape index (κ1) is 28.3. The molecule has 1 N–H and O–H groups in total. The second kappa shape index (κ2) is 12.3. The number of anilines is 1. The summed E-state index contributed by atoms with van der Waals surface area (Å²) in [5.41, 5.74) is 0.808. The SMILES string of the molecule is CNC(=O)[C@H](C)N(Cc1ccccc1Cl)C(=O)CN(c1cccc(Cl)c1)S(=O)(=O)c1ccc(OC)cc1. The van der Waals surface area contributed by atoms with Crippen LogP contribution in [0.2, 0.25) is 10.0 Å². The number of benzene rings is 3. The van der Waals surface area contributed by atoms with E-state index in [-0.39, 0.29) is 17.1 Å². The second-order valence-corrected chi connectivity index (χ2v) is 10.8. The zero-order chi connectivity index (χ0) is 27.2. The van der Waals surface area contributed by atoms with E-state index in [1.807, 2.05) is 0 Å². The van der Waals surface area contributed by atoms with Crippen molar-refractivity contribution >= 4 is 50.7 Å². The number of halogens is 2. The normalized spacial score (nSPS) is 11.9. The average Bonchev–Trinajstić information content (AvgIpc) is 2.90. The molecule has 196 valence electrons. The molecular formula is C26H27Cl2N3O5S. The molecule has 0 aliphatic rings. The summed E-state index contributed by atoms with van der Waals surface area (Å²) in [7, 11) is -1.28. The third-order valence-electron chi connectivity index (χ3n) is 5.73. The summed E-state index contributed by atoms with van der Waals surface area (Å²) in [6.07, 6.45) is 0. The number of sulfonamides is 1.